The fraction of sp³-hybridized carbons (Fsp3) is 0.348. The van der Waals surface area contributed by atoms with Gasteiger partial charge in [0.2, 0.25) is 0 Å². The van der Waals surface area contributed by atoms with Crippen molar-refractivity contribution in [3.05, 3.63) is 72.4 Å². The SMILES string of the molecule is COCC(=O)O[C@@H](C)/C=C/[Si](c1ccccc1)(c1ccccc1)C(C)(C)C. The lowest BCUT2D eigenvalue weighted by Gasteiger charge is -2.42. The van der Waals surface area contributed by atoms with Crippen molar-refractivity contribution in [1.29, 1.82) is 0 Å². The number of rotatable bonds is 7. The number of carbonyl (C=O) groups is 1. The monoisotopic (exact) mass is 382 g/mol. The molecule has 4 heteroatoms. The highest BCUT2D eigenvalue weighted by atomic mass is 28.3. The molecule has 0 aromatic heterocycles. The highest BCUT2D eigenvalue weighted by molar-refractivity contribution is 7.07. The van der Waals surface area contributed by atoms with Crippen LogP contribution in [0.1, 0.15) is 27.7 Å². The van der Waals surface area contributed by atoms with E-state index in [-0.39, 0.29) is 23.7 Å². The maximum atomic E-state index is 11.7. The fourth-order valence-electron chi connectivity index (χ4n) is 3.56. The van der Waals surface area contributed by atoms with Gasteiger partial charge in [-0.25, -0.2) is 4.79 Å². The summed E-state index contributed by atoms with van der Waals surface area (Å²) in [6, 6.07) is 21.4. The minimum atomic E-state index is -2.28. The normalized spacial score (nSPS) is 13.5. The lowest BCUT2D eigenvalue weighted by molar-refractivity contribution is -0.150. The van der Waals surface area contributed by atoms with E-state index in [0.29, 0.717) is 0 Å². The summed E-state index contributed by atoms with van der Waals surface area (Å²) in [5, 5.41) is 2.72. The van der Waals surface area contributed by atoms with Gasteiger partial charge in [0.1, 0.15) is 20.8 Å². The molecule has 0 aliphatic rings. The quantitative estimate of drug-likeness (QED) is 0.541. The molecule has 144 valence electrons. The summed E-state index contributed by atoms with van der Waals surface area (Å²) in [5.41, 5.74) is 2.32. The Labute approximate surface area is 164 Å². The maximum Gasteiger partial charge on any atom is 0.332 e. The van der Waals surface area contributed by atoms with Gasteiger partial charge in [-0.1, -0.05) is 93.2 Å². The van der Waals surface area contributed by atoms with Crippen molar-refractivity contribution in [2.24, 2.45) is 0 Å². The van der Waals surface area contributed by atoms with Gasteiger partial charge < -0.3 is 9.47 Å². The van der Waals surface area contributed by atoms with Crippen LogP contribution in [-0.4, -0.2) is 33.9 Å². The third-order valence-electron chi connectivity index (χ3n) is 4.84. The smallest absolute Gasteiger partial charge is 0.332 e. The first-order valence-electron chi connectivity index (χ1n) is 9.30. The van der Waals surface area contributed by atoms with Crippen LogP contribution in [0.3, 0.4) is 0 Å². The van der Waals surface area contributed by atoms with Crippen molar-refractivity contribution >= 4 is 24.4 Å². The summed E-state index contributed by atoms with van der Waals surface area (Å²) in [5.74, 6) is -0.350. The zero-order valence-corrected chi connectivity index (χ0v) is 17.9. The molecule has 0 unspecified atom stereocenters. The summed E-state index contributed by atoms with van der Waals surface area (Å²) in [7, 11) is -0.795. The molecule has 3 nitrogen and oxygen atoms in total. The van der Waals surface area contributed by atoms with Crippen LogP contribution >= 0.6 is 0 Å². The molecular formula is C23H30O3Si. The van der Waals surface area contributed by atoms with Crippen LogP contribution in [0.25, 0.3) is 0 Å². The van der Waals surface area contributed by atoms with Crippen molar-refractivity contribution in [2.75, 3.05) is 13.7 Å². The third kappa shape index (κ3) is 4.96. The van der Waals surface area contributed by atoms with E-state index in [2.05, 4.69) is 87.1 Å². The van der Waals surface area contributed by atoms with Crippen LogP contribution in [0.2, 0.25) is 5.04 Å². The molecule has 0 saturated heterocycles. The van der Waals surface area contributed by atoms with E-state index >= 15 is 0 Å². The van der Waals surface area contributed by atoms with E-state index in [4.69, 9.17) is 9.47 Å². The van der Waals surface area contributed by atoms with Crippen molar-refractivity contribution in [3.8, 4) is 0 Å². The maximum absolute atomic E-state index is 11.7. The van der Waals surface area contributed by atoms with Gasteiger partial charge in [0.25, 0.3) is 0 Å². The average Bonchev–Trinajstić information content (AvgIpc) is 2.63. The molecule has 0 saturated carbocycles. The van der Waals surface area contributed by atoms with Gasteiger partial charge in [-0.15, -0.1) is 0 Å². The Balaban J connectivity index is 2.53. The Morgan fingerprint density at radius 1 is 1.00 bits per heavy atom. The molecule has 2 rings (SSSR count). The van der Waals surface area contributed by atoms with Crippen LogP contribution in [0.5, 0.6) is 0 Å². The van der Waals surface area contributed by atoms with Crippen LogP contribution in [0.15, 0.2) is 72.4 Å². The largest absolute Gasteiger partial charge is 0.457 e. The first-order chi connectivity index (χ1) is 12.8. The van der Waals surface area contributed by atoms with E-state index in [9.17, 15) is 4.79 Å². The molecular weight excluding hydrogens is 352 g/mol. The summed E-state index contributed by atoms with van der Waals surface area (Å²) in [6.07, 6.45) is 1.72. The van der Waals surface area contributed by atoms with Gasteiger partial charge in [0.05, 0.1) is 0 Å². The fourth-order valence-corrected chi connectivity index (χ4v) is 8.50. The number of methoxy groups -OCH3 is 1. The van der Waals surface area contributed by atoms with Crippen LogP contribution in [0, 0.1) is 0 Å². The lowest BCUT2D eigenvalue weighted by atomic mass is 10.2. The highest BCUT2D eigenvalue weighted by Gasteiger charge is 2.45. The van der Waals surface area contributed by atoms with Crippen molar-refractivity contribution in [2.45, 2.75) is 38.8 Å². The van der Waals surface area contributed by atoms with Gasteiger partial charge in [-0.2, -0.15) is 0 Å². The molecule has 2 aromatic carbocycles. The molecule has 0 heterocycles. The van der Waals surface area contributed by atoms with Crippen LogP contribution < -0.4 is 10.4 Å². The van der Waals surface area contributed by atoms with Crippen LogP contribution in [0.4, 0.5) is 0 Å². The van der Waals surface area contributed by atoms with Crippen molar-refractivity contribution in [1.82, 2.24) is 0 Å². The average molecular weight is 383 g/mol. The number of hydrogen-bond acceptors (Lipinski definition) is 3. The molecule has 27 heavy (non-hydrogen) atoms. The summed E-state index contributed by atoms with van der Waals surface area (Å²) in [6.45, 7) is 8.75. The number of benzene rings is 2. The standard InChI is InChI=1S/C23H30O3Si/c1-19(26-22(24)18-25-5)16-17-27(23(2,3)4,20-12-8-6-9-13-20)21-14-10-7-11-15-21/h6-17,19H,18H2,1-5H3/b17-16+/t19-/m0/s1. The minimum absolute atomic E-state index is 0.0302. The number of hydrogen-bond donors (Lipinski definition) is 0. The Kier molecular flexibility index (Phi) is 7.16. The van der Waals surface area contributed by atoms with E-state index in [1.807, 2.05) is 13.0 Å². The molecule has 0 radical (unpaired) electrons. The van der Waals surface area contributed by atoms with E-state index < -0.39 is 8.07 Å². The minimum Gasteiger partial charge on any atom is -0.457 e. The molecule has 0 N–H and O–H groups in total. The van der Waals surface area contributed by atoms with Gasteiger partial charge in [-0.3, -0.25) is 0 Å². The van der Waals surface area contributed by atoms with Crippen molar-refractivity contribution < 1.29 is 14.3 Å². The van der Waals surface area contributed by atoms with Gasteiger partial charge in [0, 0.05) is 7.11 Å². The van der Waals surface area contributed by atoms with Crippen LogP contribution in [-0.2, 0) is 14.3 Å². The Morgan fingerprint density at radius 3 is 1.89 bits per heavy atom. The zero-order valence-electron chi connectivity index (χ0n) is 16.9. The lowest BCUT2D eigenvalue weighted by Crippen LogP contribution is -2.63. The summed E-state index contributed by atoms with van der Waals surface area (Å²) in [4.78, 5) is 11.7. The molecule has 0 aliphatic heterocycles. The first kappa shape index (κ1) is 21.1. The zero-order chi connectivity index (χ0) is 19.9. The van der Waals surface area contributed by atoms with E-state index in [0.717, 1.165) is 0 Å². The van der Waals surface area contributed by atoms with Gasteiger partial charge in [-0.05, 0) is 22.3 Å². The van der Waals surface area contributed by atoms with E-state index in [1.165, 1.54) is 17.5 Å². The predicted octanol–water partition coefficient (Wildman–Crippen LogP) is 3.72. The summed E-state index contributed by atoms with van der Waals surface area (Å²) >= 11 is 0. The predicted molar refractivity (Wildman–Crippen MR) is 114 cm³/mol. The second kappa shape index (κ2) is 9.15. The molecule has 1 atom stereocenters. The summed E-state index contributed by atoms with van der Waals surface area (Å²) < 4.78 is 10.3. The van der Waals surface area contributed by atoms with Gasteiger partial charge in [0.15, 0.2) is 0 Å². The number of carbonyl (C=O) groups excluding carboxylic acids is 1. The number of esters is 1. The second-order valence-electron chi connectivity index (χ2n) is 7.78. The highest BCUT2D eigenvalue weighted by Crippen LogP contribution is 2.36. The molecule has 2 aromatic rings. The Hall–Kier alpha value is -2.17. The topological polar surface area (TPSA) is 35.5 Å². The molecule has 0 fully saturated rings. The molecule has 0 spiro atoms. The Bertz CT molecular complexity index is 709. The second-order valence-corrected chi connectivity index (χ2v) is 12.4. The van der Waals surface area contributed by atoms with E-state index in [1.54, 1.807) is 0 Å². The molecule has 0 bridgehead atoms. The Morgan fingerprint density at radius 2 is 1.48 bits per heavy atom. The molecule has 0 amide bonds. The third-order valence-corrected chi connectivity index (χ3v) is 10.4. The van der Waals surface area contributed by atoms with Gasteiger partial charge >= 0.3 is 5.97 Å². The first-order valence-corrected chi connectivity index (χ1v) is 11.4. The molecule has 0 aliphatic carbocycles. The number of ether oxygens (including phenoxy) is 2. The van der Waals surface area contributed by atoms with Crippen molar-refractivity contribution in [3.63, 3.8) is 0 Å².